The monoisotopic (exact) mass is 319 g/mol. The molecule has 0 bridgehead atoms. The quantitative estimate of drug-likeness (QED) is 0.815. The lowest BCUT2D eigenvalue weighted by molar-refractivity contribution is 0.102. The smallest absolute Gasteiger partial charge is 0.0991 e. The number of nitrogens with zero attached hydrogens (tertiary/aromatic N) is 3. The van der Waals surface area contributed by atoms with E-state index in [1.54, 1.807) is 0 Å². The lowest BCUT2D eigenvalue weighted by Crippen LogP contribution is -2.45. The summed E-state index contributed by atoms with van der Waals surface area (Å²) in [4.78, 5) is 2.56. The molecule has 0 saturated heterocycles. The number of hydrogen-bond donors (Lipinski definition) is 0. The number of benzene rings is 1. The SMILES string of the molecule is CC(C)(C)N1CCn2c(cc(-c3cccc(C#N)c3)c2C2CC2)C1. The lowest BCUT2D eigenvalue weighted by atomic mass is 10.0. The van der Waals surface area contributed by atoms with E-state index < -0.39 is 0 Å². The molecular formula is C21H25N3. The molecule has 2 heterocycles. The van der Waals surface area contributed by atoms with Gasteiger partial charge in [-0.25, -0.2) is 0 Å². The standard InChI is InChI=1S/C21H25N3/c1-21(2,3)23-9-10-24-18(14-23)12-19(20(24)16-7-8-16)17-6-4-5-15(11-17)13-22/h4-6,11-12,16H,7-10,14H2,1-3H3. The first-order valence-electron chi connectivity index (χ1n) is 8.95. The van der Waals surface area contributed by atoms with Crippen LogP contribution in [0.15, 0.2) is 30.3 Å². The van der Waals surface area contributed by atoms with Crippen LogP contribution < -0.4 is 0 Å². The second-order valence-corrected chi connectivity index (χ2v) is 8.15. The number of aromatic nitrogens is 1. The predicted octanol–water partition coefficient (Wildman–Crippen LogP) is 4.52. The summed E-state index contributed by atoms with van der Waals surface area (Å²) in [6.45, 7) is 10.1. The predicted molar refractivity (Wildman–Crippen MR) is 96.7 cm³/mol. The minimum absolute atomic E-state index is 0.205. The van der Waals surface area contributed by atoms with Gasteiger partial charge in [-0.1, -0.05) is 12.1 Å². The minimum atomic E-state index is 0.205. The molecule has 1 aromatic carbocycles. The summed E-state index contributed by atoms with van der Waals surface area (Å²) in [5, 5.41) is 9.22. The minimum Gasteiger partial charge on any atom is -0.345 e. The van der Waals surface area contributed by atoms with E-state index in [9.17, 15) is 5.26 Å². The summed E-state index contributed by atoms with van der Waals surface area (Å²) in [5.74, 6) is 0.709. The number of rotatable bonds is 2. The number of nitriles is 1. The van der Waals surface area contributed by atoms with E-state index in [0.29, 0.717) is 5.92 Å². The fourth-order valence-electron chi connectivity index (χ4n) is 3.87. The summed E-state index contributed by atoms with van der Waals surface area (Å²) in [5.41, 5.74) is 6.43. The second kappa shape index (κ2) is 5.50. The van der Waals surface area contributed by atoms with Crippen molar-refractivity contribution in [2.24, 2.45) is 0 Å². The third-order valence-corrected chi connectivity index (χ3v) is 5.39. The Kier molecular flexibility index (Phi) is 3.54. The Morgan fingerprint density at radius 3 is 2.58 bits per heavy atom. The summed E-state index contributed by atoms with van der Waals surface area (Å²) in [6.07, 6.45) is 2.61. The van der Waals surface area contributed by atoms with Gasteiger partial charge in [-0.2, -0.15) is 5.26 Å². The van der Waals surface area contributed by atoms with Crippen molar-refractivity contribution in [3.05, 3.63) is 47.3 Å². The van der Waals surface area contributed by atoms with Crippen LogP contribution in [0.3, 0.4) is 0 Å². The molecule has 24 heavy (non-hydrogen) atoms. The summed E-state index contributed by atoms with van der Waals surface area (Å²) < 4.78 is 2.56. The van der Waals surface area contributed by atoms with Crippen molar-refractivity contribution in [1.82, 2.24) is 9.47 Å². The van der Waals surface area contributed by atoms with Crippen molar-refractivity contribution in [3.63, 3.8) is 0 Å². The van der Waals surface area contributed by atoms with Crippen molar-refractivity contribution < 1.29 is 0 Å². The van der Waals surface area contributed by atoms with Crippen molar-refractivity contribution >= 4 is 0 Å². The van der Waals surface area contributed by atoms with Crippen LogP contribution in [0.4, 0.5) is 0 Å². The van der Waals surface area contributed by atoms with E-state index in [-0.39, 0.29) is 5.54 Å². The lowest BCUT2D eigenvalue weighted by Gasteiger charge is -2.39. The van der Waals surface area contributed by atoms with Crippen molar-refractivity contribution in [2.45, 2.75) is 58.2 Å². The Balaban J connectivity index is 1.79. The zero-order chi connectivity index (χ0) is 16.9. The maximum absolute atomic E-state index is 9.22. The summed E-state index contributed by atoms with van der Waals surface area (Å²) in [6, 6.07) is 12.7. The van der Waals surface area contributed by atoms with E-state index in [0.717, 1.165) is 25.2 Å². The molecule has 0 spiro atoms. The maximum Gasteiger partial charge on any atom is 0.0991 e. The van der Waals surface area contributed by atoms with Crippen LogP contribution in [-0.4, -0.2) is 21.6 Å². The zero-order valence-corrected chi connectivity index (χ0v) is 14.8. The average molecular weight is 319 g/mol. The highest BCUT2D eigenvalue weighted by Gasteiger charge is 2.34. The van der Waals surface area contributed by atoms with Crippen LogP contribution in [0, 0.1) is 11.3 Å². The first-order valence-corrected chi connectivity index (χ1v) is 8.95. The van der Waals surface area contributed by atoms with Crippen molar-refractivity contribution in [3.8, 4) is 17.2 Å². The van der Waals surface area contributed by atoms with Crippen LogP contribution in [-0.2, 0) is 13.1 Å². The summed E-state index contributed by atoms with van der Waals surface area (Å²) >= 11 is 0. The highest BCUT2D eigenvalue weighted by atomic mass is 15.2. The fourth-order valence-corrected chi connectivity index (χ4v) is 3.87. The Bertz CT molecular complexity index is 813. The van der Waals surface area contributed by atoms with Gasteiger partial charge in [-0.15, -0.1) is 0 Å². The third kappa shape index (κ3) is 2.65. The van der Waals surface area contributed by atoms with Crippen molar-refractivity contribution in [2.75, 3.05) is 6.54 Å². The van der Waals surface area contributed by atoms with Gasteiger partial charge in [0.05, 0.1) is 11.6 Å². The fraction of sp³-hybridized carbons (Fsp3) is 0.476. The van der Waals surface area contributed by atoms with Crippen LogP contribution >= 0.6 is 0 Å². The molecule has 2 aromatic rings. The molecule has 0 unspecified atom stereocenters. The van der Waals surface area contributed by atoms with Crippen LogP contribution in [0.1, 0.15) is 56.5 Å². The Morgan fingerprint density at radius 1 is 1.12 bits per heavy atom. The van der Waals surface area contributed by atoms with E-state index >= 15 is 0 Å². The van der Waals surface area contributed by atoms with Gasteiger partial charge in [0, 0.05) is 42.1 Å². The molecule has 3 nitrogen and oxygen atoms in total. The topological polar surface area (TPSA) is 32.0 Å². The maximum atomic E-state index is 9.22. The molecule has 1 aromatic heterocycles. The molecule has 0 atom stereocenters. The van der Waals surface area contributed by atoms with Crippen LogP contribution in [0.5, 0.6) is 0 Å². The molecule has 0 N–H and O–H groups in total. The molecule has 1 fully saturated rings. The normalized spacial score (nSPS) is 18.2. The molecule has 124 valence electrons. The van der Waals surface area contributed by atoms with Gasteiger partial charge in [-0.05, 0) is 63.3 Å². The van der Waals surface area contributed by atoms with E-state index in [2.05, 4.69) is 48.4 Å². The Labute approximate surface area is 144 Å². The van der Waals surface area contributed by atoms with Crippen molar-refractivity contribution in [1.29, 1.82) is 5.26 Å². The van der Waals surface area contributed by atoms with E-state index in [4.69, 9.17) is 0 Å². The van der Waals surface area contributed by atoms with Gasteiger partial charge in [-0.3, -0.25) is 4.90 Å². The van der Waals surface area contributed by atoms with Gasteiger partial charge in [0.25, 0.3) is 0 Å². The van der Waals surface area contributed by atoms with Crippen LogP contribution in [0.2, 0.25) is 0 Å². The zero-order valence-electron chi connectivity index (χ0n) is 14.8. The molecule has 4 rings (SSSR count). The molecule has 0 radical (unpaired) electrons. The third-order valence-electron chi connectivity index (χ3n) is 5.39. The Hall–Kier alpha value is -2.05. The van der Waals surface area contributed by atoms with Gasteiger partial charge in [0.1, 0.15) is 0 Å². The summed E-state index contributed by atoms with van der Waals surface area (Å²) in [7, 11) is 0. The van der Waals surface area contributed by atoms with E-state index in [1.807, 2.05) is 18.2 Å². The molecule has 1 saturated carbocycles. The van der Waals surface area contributed by atoms with E-state index in [1.165, 1.54) is 35.4 Å². The second-order valence-electron chi connectivity index (χ2n) is 8.15. The molecule has 2 aliphatic rings. The average Bonchev–Trinajstić information content (AvgIpc) is 3.33. The van der Waals surface area contributed by atoms with Crippen LogP contribution in [0.25, 0.3) is 11.1 Å². The first kappa shape index (κ1) is 15.5. The molecule has 3 heteroatoms. The van der Waals surface area contributed by atoms with Gasteiger partial charge in [0.15, 0.2) is 0 Å². The highest BCUT2D eigenvalue weighted by Crippen LogP contribution is 2.46. The van der Waals surface area contributed by atoms with Gasteiger partial charge < -0.3 is 4.57 Å². The molecule has 1 aliphatic heterocycles. The largest absolute Gasteiger partial charge is 0.345 e. The molecule has 0 amide bonds. The number of fused-ring (bicyclic) bond motifs is 1. The first-order chi connectivity index (χ1) is 11.5. The Morgan fingerprint density at radius 2 is 1.92 bits per heavy atom. The molecular weight excluding hydrogens is 294 g/mol. The molecule has 1 aliphatic carbocycles. The number of hydrogen-bond acceptors (Lipinski definition) is 2. The van der Waals surface area contributed by atoms with Gasteiger partial charge >= 0.3 is 0 Å². The van der Waals surface area contributed by atoms with Gasteiger partial charge in [0.2, 0.25) is 0 Å². The highest BCUT2D eigenvalue weighted by molar-refractivity contribution is 5.70.